The van der Waals surface area contributed by atoms with Crippen molar-refractivity contribution in [2.45, 2.75) is 18.8 Å². The quantitative estimate of drug-likeness (QED) is 0.623. The van der Waals surface area contributed by atoms with Crippen molar-refractivity contribution < 1.29 is 0 Å². The number of hydrogen-bond acceptors (Lipinski definition) is 1. The predicted octanol–water partition coefficient (Wildman–Crippen LogP) is 1.48. The van der Waals surface area contributed by atoms with Gasteiger partial charge in [0.1, 0.15) is 0 Å². The molecule has 0 atom stereocenters. The molecule has 2 N–H and O–H groups in total. The Labute approximate surface area is 67.0 Å². The summed E-state index contributed by atoms with van der Waals surface area (Å²) in [6, 6.07) is 4.27. The summed E-state index contributed by atoms with van der Waals surface area (Å²) in [7, 11) is 0. The van der Waals surface area contributed by atoms with E-state index in [9.17, 15) is 0 Å². The third-order valence-electron chi connectivity index (χ3n) is 2.40. The summed E-state index contributed by atoms with van der Waals surface area (Å²) in [4.78, 5) is 3.28. The van der Waals surface area contributed by atoms with Crippen LogP contribution in [0.2, 0.25) is 0 Å². The highest BCUT2D eigenvalue weighted by molar-refractivity contribution is 5.10. The van der Waals surface area contributed by atoms with Gasteiger partial charge in [-0.25, -0.2) is 0 Å². The monoisotopic (exact) mass is 150 g/mol. The van der Waals surface area contributed by atoms with E-state index in [-0.39, 0.29) is 0 Å². The molecule has 0 aliphatic carbocycles. The third kappa shape index (κ3) is 1.46. The zero-order valence-electron chi connectivity index (χ0n) is 6.64. The van der Waals surface area contributed by atoms with Gasteiger partial charge in [0.15, 0.2) is 0 Å². The van der Waals surface area contributed by atoms with E-state index in [0.717, 1.165) is 5.92 Å². The molecule has 2 nitrogen and oxygen atoms in total. The van der Waals surface area contributed by atoms with Crippen molar-refractivity contribution in [1.29, 1.82) is 0 Å². The maximum atomic E-state index is 3.36. The van der Waals surface area contributed by atoms with E-state index >= 15 is 0 Å². The van der Waals surface area contributed by atoms with Crippen molar-refractivity contribution in [3.63, 3.8) is 0 Å². The fraction of sp³-hybridized carbons (Fsp3) is 0.556. The molecule has 1 saturated heterocycles. The zero-order valence-corrected chi connectivity index (χ0v) is 6.64. The van der Waals surface area contributed by atoms with Gasteiger partial charge >= 0.3 is 0 Å². The molecule has 11 heavy (non-hydrogen) atoms. The molecule has 2 rings (SSSR count). The van der Waals surface area contributed by atoms with Crippen LogP contribution in [0.4, 0.5) is 0 Å². The minimum atomic E-state index is 0.770. The second-order valence-electron chi connectivity index (χ2n) is 3.15. The van der Waals surface area contributed by atoms with Crippen LogP contribution in [-0.4, -0.2) is 18.1 Å². The topological polar surface area (TPSA) is 27.8 Å². The Kier molecular flexibility index (Phi) is 1.95. The molecule has 2 heteroatoms. The Morgan fingerprint density at radius 2 is 2.09 bits per heavy atom. The normalized spacial score (nSPS) is 20.4. The summed E-state index contributed by atoms with van der Waals surface area (Å²) < 4.78 is 0. The number of hydrogen-bond donors (Lipinski definition) is 2. The molecule has 0 amide bonds. The largest absolute Gasteiger partial charge is 0.365 e. The molecule has 0 bridgehead atoms. The number of H-pyrrole nitrogens is 1. The lowest BCUT2D eigenvalue weighted by molar-refractivity contribution is 0.454. The van der Waals surface area contributed by atoms with E-state index in [1.54, 1.807) is 0 Å². The van der Waals surface area contributed by atoms with E-state index < -0.39 is 0 Å². The van der Waals surface area contributed by atoms with Crippen LogP contribution in [0.15, 0.2) is 18.3 Å². The Hall–Kier alpha value is -0.760. The lowest BCUT2D eigenvalue weighted by atomic mass is 9.95. The summed E-state index contributed by atoms with van der Waals surface area (Å²) >= 11 is 0. The molecule has 0 radical (unpaired) electrons. The summed E-state index contributed by atoms with van der Waals surface area (Å²) in [6.07, 6.45) is 4.57. The van der Waals surface area contributed by atoms with Crippen molar-refractivity contribution in [2.24, 2.45) is 0 Å². The minimum absolute atomic E-state index is 0.770. The van der Waals surface area contributed by atoms with E-state index in [4.69, 9.17) is 0 Å². The van der Waals surface area contributed by atoms with E-state index in [0.29, 0.717) is 0 Å². The van der Waals surface area contributed by atoms with E-state index in [2.05, 4.69) is 22.4 Å². The molecular formula is C9H14N2. The van der Waals surface area contributed by atoms with Gasteiger partial charge in [-0.15, -0.1) is 0 Å². The van der Waals surface area contributed by atoms with Crippen molar-refractivity contribution >= 4 is 0 Å². The first-order valence-electron chi connectivity index (χ1n) is 4.31. The molecule has 1 fully saturated rings. The summed E-state index contributed by atoms with van der Waals surface area (Å²) in [5.74, 6) is 0.770. The summed E-state index contributed by atoms with van der Waals surface area (Å²) in [6.45, 7) is 2.34. The summed E-state index contributed by atoms with van der Waals surface area (Å²) in [5.41, 5.74) is 1.41. The van der Waals surface area contributed by atoms with Gasteiger partial charge in [-0.3, -0.25) is 0 Å². The molecule has 1 aliphatic rings. The van der Waals surface area contributed by atoms with Crippen LogP contribution in [0.25, 0.3) is 0 Å². The first-order valence-corrected chi connectivity index (χ1v) is 4.31. The first-order chi connectivity index (χ1) is 5.47. The van der Waals surface area contributed by atoms with Gasteiger partial charge in [-0.2, -0.15) is 0 Å². The molecule has 0 unspecified atom stereocenters. The fourth-order valence-corrected chi connectivity index (χ4v) is 1.73. The van der Waals surface area contributed by atoms with E-state index in [1.807, 2.05) is 6.20 Å². The van der Waals surface area contributed by atoms with Gasteiger partial charge in [0.25, 0.3) is 0 Å². The van der Waals surface area contributed by atoms with Crippen molar-refractivity contribution in [3.8, 4) is 0 Å². The zero-order chi connectivity index (χ0) is 7.52. The van der Waals surface area contributed by atoms with E-state index in [1.165, 1.54) is 31.6 Å². The highest BCUT2D eigenvalue weighted by atomic mass is 14.9. The maximum Gasteiger partial charge on any atom is 0.0179 e. The molecule has 0 spiro atoms. The number of rotatable bonds is 1. The van der Waals surface area contributed by atoms with Gasteiger partial charge in [0.2, 0.25) is 0 Å². The number of piperidine rings is 1. The Morgan fingerprint density at radius 1 is 1.27 bits per heavy atom. The van der Waals surface area contributed by atoms with Gasteiger partial charge in [0, 0.05) is 17.8 Å². The molecule has 0 aromatic carbocycles. The van der Waals surface area contributed by atoms with Gasteiger partial charge < -0.3 is 10.3 Å². The maximum absolute atomic E-state index is 3.36. The Balaban J connectivity index is 2.04. The SMILES string of the molecule is c1c[nH]c(C2CCNCC2)c1. The molecule has 1 aromatic heterocycles. The smallest absolute Gasteiger partial charge is 0.0179 e. The second-order valence-corrected chi connectivity index (χ2v) is 3.15. The first kappa shape index (κ1) is 6.92. The van der Waals surface area contributed by atoms with Crippen LogP contribution < -0.4 is 5.32 Å². The highest BCUT2D eigenvalue weighted by Gasteiger charge is 2.14. The average molecular weight is 150 g/mol. The van der Waals surface area contributed by atoms with Crippen LogP contribution in [-0.2, 0) is 0 Å². The molecule has 2 heterocycles. The van der Waals surface area contributed by atoms with Crippen LogP contribution in [0, 0.1) is 0 Å². The van der Waals surface area contributed by atoms with Gasteiger partial charge in [0.05, 0.1) is 0 Å². The Bertz CT molecular complexity index is 197. The minimum Gasteiger partial charge on any atom is -0.365 e. The lowest BCUT2D eigenvalue weighted by Gasteiger charge is -2.21. The lowest BCUT2D eigenvalue weighted by Crippen LogP contribution is -2.26. The van der Waals surface area contributed by atoms with Gasteiger partial charge in [-0.1, -0.05) is 0 Å². The van der Waals surface area contributed by atoms with Crippen LogP contribution >= 0.6 is 0 Å². The average Bonchev–Trinajstić information content (AvgIpc) is 2.58. The van der Waals surface area contributed by atoms with Crippen LogP contribution in [0.3, 0.4) is 0 Å². The fourth-order valence-electron chi connectivity index (χ4n) is 1.73. The van der Waals surface area contributed by atoms with Crippen LogP contribution in [0.1, 0.15) is 24.5 Å². The highest BCUT2D eigenvalue weighted by Crippen LogP contribution is 2.22. The number of aromatic amines is 1. The molecule has 60 valence electrons. The second kappa shape index (κ2) is 3.09. The van der Waals surface area contributed by atoms with Crippen molar-refractivity contribution in [1.82, 2.24) is 10.3 Å². The standard InChI is InChI=1S/C9H14N2/c1-2-9(11-5-1)8-3-6-10-7-4-8/h1-2,5,8,10-11H,3-4,6-7H2. The Morgan fingerprint density at radius 3 is 2.73 bits per heavy atom. The number of nitrogens with one attached hydrogen (secondary N) is 2. The predicted molar refractivity (Wildman–Crippen MR) is 45.6 cm³/mol. The molecular weight excluding hydrogens is 136 g/mol. The van der Waals surface area contributed by atoms with Crippen LogP contribution in [0.5, 0.6) is 0 Å². The van der Waals surface area contributed by atoms with Crippen molar-refractivity contribution in [3.05, 3.63) is 24.0 Å². The molecule has 0 saturated carbocycles. The van der Waals surface area contributed by atoms with Crippen molar-refractivity contribution in [2.75, 3.05) is 13.1 Å². The van der Waals surface area contributed by atoms with Gasteiger partial charge in [-0.05, 0) is 38.1 Å². The summed E-state index contributed by atoms with van der Waals surface area (Å²) in [5, 5.41) is 3.36. The number of aromatic nitrogens is 1. The third-order valence-corrected chi connectivity index (χ3v) is 2.40. The molecule has 1 aliphatic heterocycles. The molecule has 1 aromatic rings.